The molecular weight excluding hydrogens is 208 g/mol. The second-order valence-corrected chi connectivity index (χ2v) is 5.16. The molecule has 1 aromatic heterocycles. The maximum absolute atomic E-state index is 3.61. The van der Waals surface area contributed by atoms with Gasteiger partial charge in [-0.25, -0.2) is 0 Å². The smallest absolute Gasteiger partial charge is 0.0531 e. The summed E-state index contributed by atoms with van der Waals surface area (Å²) in [6.45, 7) is 5.59. The van der Waals surface area contributed by atoms with Crippen molar-refractivity contribution in [3.05, 3.63) is 35.0 Å². The number of hydrogen-bond donors (Lipinski definition) is 1. The highest BCUT2D eigenvalue weighted by Crippen LogP contribution is 2.33. The fourth-order valence-corrected chi connectivity index (χ4v) is 3.08. The molecule has 2 nitrogen and oxygen atoms in total. The average Bonchev–Trinajstić information content (AvgIpc) is 2.94. The van der Waals surface area contributed by atoms with Crippen molar-refractivity contribution in [3.63, 3.8) is 0 Å². The Labute approximate surface area is 103 Å². The lowest BCUT2D eigenvalue weighted by molar-refractivity contribution is 0.649. The molecule has 0 spiro atoms. The number of fused-ring (bicyclic) bond motifs is 1. The first kappa shape index (κ1) is 10.8. The van der Waals surface area contributed by atoms with E-state index in [2.05, 4.69) is 49.0 Å². The first-order valence-corrected chi connectivity index (χ1v) is 6.48. The summed E-state index contributed by atoms with van der Waals surface area (Å²) >= 11 is 0. The summed E-state index contributed by atoms with van der Waals surface area (Å²) in [4.78, 5) is 0. The number of aromatic nitrogens is 1. The van der Waals surface area contributed by atoms with Crippen molar-refractivity contribution in [1.82, 2.24) is 9.88 Å². The lowest BCUT2D eigenvalue weighted by Crippen LogP contribution is -2.13. The highest BCUT2D eigenvalue weighted by Gasteiger charge is 2.21. The van der Waals surface area contributed by atoms with Crippen molar-refractivity contribution in [1.29, 1.82) is 0 Å². The summed E-state index contributed by atoms with van der Waals surface area (Å²) in [5.74, 6) is 0. The van der Waals surface area contributed by atoms with Crippen LogP contribution in [0.25, 0.3) is 10.9 Å². The molecule has 1 aromatic carbocycles. The number of nitrogens with zero attached hydrogens (tertiary/aromatic N) is 1. The molecule has 0 saturated carbocycles. The molecule has 1 saturated heterocycles. The van der Waals surface area contributed by atoms with Gasteiger partial charge in [-0.3, -0.25) is 0 Å². The van der Waals surface area contributed by atoms with E-state index in [-0.39, 0.29) is 0 Å². The monoisotopic (exact) mass is 228 g/mol. The zero-order chi connectivity index (χ0) is 12.0. The fourth-order valence-electron chi connectivity index (χ4n) is 3.08. The molecule has 1 fully saturated rings. The Hall–Kier alpha value is -1.28. The highest BCUT2D eigenvalue weighted by molar-refractivity contribution is 5.88. The van der Waals surface area contributed by atoms with Crippen LogP contribution in [0.2, 0.25) is 0 Å². The van der Waals surface area contributed by atoms with E-state index in [1.807, 2.05) is 0 Å². The minimum Gasteiger partial charge on any atom is -0.347 e. The van der Waals surface area contributed by atoms with Gasteiger partial charge in [0.1, 0.15) is 0 Å². The topological polar surface area (TPSA) is 17.0 Å². The largest absolute Gasteiger partial charge is 0.347 e. The van der Waals surface area contributed by atoms with Crippen LogP contribution in [0.3, 0.4) is 0 Å². The molecule has 0 aliphatic carbocycles. The molecule has 1 aliphatic heterocycles. The van der Waals surface area contributed by atoms with E-state index >= 15 is 0 Å². The molecule has 90 valence electrons. The lowest BCUT2D eigenvalue weighted by atomic mass is 10.0. The maximum Gasteiger partial charge on any atom is 0.0531 e. The van der Waals surface area contributed by atoms with E-state index in [4.69, 9.17) is 0 Å². The van der Waals surface area contributed by atoms with E-state index in [1.165, 1.54) is 40.6 Å². The molecule has 0 bridgehead atoms. The summed E-state index contributed by atoms with van der Waals surface area (Å²) in [7, 11) is 2.18. The number of hydrogen-bond acceptors (Lipinski definition) is 1. The van der Waals surface area contributed by atoms with E-state index < -0.39 is 0 Å². The summed E-state index contributed by atoms with van der Waals surface area (Å²) in [6, 6.07) is 7.27. The molecule has 17 heavy (non-hydrogen) atoms. The minimum atomic E-state index is 0.547. The predicted molar refractivity (Wildman–Crippen MR) is 72.4 cm³/mol. The minimum absolute atomic E-state index is 0.547. The Kier molecular flexibility index (Phi) is 2.48. The van der Waals surface area contributed by atoms with E-state index in [0.717, 1.165) is 6.54 Å². The van der Waals surface area contributed by atoms with Crippen molar-refractivity contribution < 1.29 is 0 Å². The lowest BCUT2D eigenvalue weighted by Gasteiger charge is -2.13. The van der Waals surface area contributed by atoms with E-state index in [0.29, 0.717) is 6.04 Å². The van der Waals surface area contributed by atoms with Crippen LogP contribution in [0.15, 0.2) is 18.2 Å². The quantitative estimate of drug-likeness (QED) is 0.793. The Bertz CT molecular complexity index is 560. The summed E-state index contributed by atoms with van der Waals surface area (Å²) < 4.78 is 2.35. The molecule has 1 unspecified atom stereocenters. The van der Waals surface area contributed by atoms with Gasteiger partial charge in [-0.1, -0.05) is 18.2 Å². The van der Waals surface area contributed by atoms with Crippen molar-refractivity contribution in [3.8, 4) is 0 Å². The van der Waals surface area contributed by atoms with Crippen LogP contribution in [-0.2, 0) is 7.05 Å². The highest BCUT2D eigenvalue weighted by atomic mass is 15.0. The average molecular weight is 228 g/mol. The Morgan fingerprint density at radius 3 is 2.82 bits per heavy atom. The number of rotatable bonds is 1. The van der Waals surface area contributed by atoms with Gasteiger partial charge >= 0.3 is 0 Å². The van der Waals surface area contributed by atoms with E-state index in [9.17, 15) is 0 Å². The molecule has 0 amide bonds. The van der Waals surface area contributed by atoms with Gasteiger partial charge in [-0.05, 0) is 44.4 Å². The third-order valence-corrected chi connectivity index (χ3v) is 4.29. The van der Waals surface area contributed by atoms with Crippen LogP contribution in [0.5, 0.6) is 0 Å². The molecule has 2 heterocycles. The molecule has 1 N–H and O–H groups in total. The number of benzene rings is 1. The number of aryl methyl sites for hydroxylation is 2. The van der Waals surface area contributed by atoms with Gasteiger partial charge in [0, 0.05) is 24.2 Å². The van der Waals surface area contributed by atoms with Crippen molar-refractivity contribution in [2.45, 2.75) is 32.7 Å². The standard InChI is InChI=1S/C15H20N2/c1-10-11(2)17(3)15-12(10)6-4-7-13(15)14-8-5-9-16-14/h4,6-7,14,16H,5,8-9H2,1-3H3. The molecule has 1 aliphatic rings. The van der Waals surface area contributed by atoms with E-state index in [1.54, 1.807) is 0 Å². The van der Waals surface area contributed by atoms with Crippen LogP contribution in [0, 0.1) is 13.8 Å². The van der Waals surface area contributed by atoms with Crippen LogP contribution in [-0.4, -0.2) is 11.1 Å². The Morgan fingerprint density at radius 1 is 1.29 bits per heavy atom. The normalized spacial score (nSPS) is 20.3. The van der Waals surface area contributed by atoms with Crippen LogP contribution in [0.1, 0.15) is 35.7 Å². The van der Waals surface area contributed by atoms with Gasteiger partial charge in [-0.15, -0.1) is 0 Å². The van der Waals surface area contributed by atoms with Gasteiger partial charge in [0.15, 0.2) is 0 Å². The predicted octanol–water partition coefficient (Wildman–Crippen LogP) is 3.22. The first-order valence-electron chi connectivity index (χ1n) is 6.48. The van der Waals surface area contributed by atoms with Gasteiger partial charge in [0.05, 0.1) is 5.52 Å². The van der Waals surface area contributed by atoms with Crippen molar-refractivity contribution in [2.75, 3.05) is 6.54 Å². The second-order valence-electron chi connectivity index (χ2n) is 5.16. The third kappa shape index (κ3) is 1.51. The summed E-state index contributed by atoms with van der Waals surface area (Å²) in [6.07, 6.45) is 2.56. The van der Waals surface area contributed by atoms with Gasteiger partial charge in [0.25, 0.3) is 0 Å². The molecule has 0 radical (unpaired) electrons. The third-order valence-electron chi connectivity index (χ3n) is 4.29. The van der Waals surface area contributed by atoms with Gasteiger partial charge in [-0.2, -0.15) is 0 Å². The van der Waals surface area contributed by atoms with Gasteiger partial charge < -0.3 is 9.88 Å². The van der Waals surface area contributed by atoms with Crippen LogP contribution < -0.4 is 5.32 Å². The fraction of sp³-hybridized carbons (Fsp3) is 0.467. The first-order chi connectivity index (χ1) is 8.20. The SMILES string of the molecule is Cc1c(C)n(C)c2c(C3CCCN3)cccc12. The Balaban J connectivity index is 2.28. The zero-order valence-corrected chi connectivity index (χ0v) is 10.9. The molecule has 2 heteroatoms. The summed E-state index contributed by atoms with van der Waals surface area (Å²) in [5, 5.41) is 5.02. The zero-order valence-electron chi connectivity index (χ0n) is 10.9. The van der Waals surface area contributed by atoms with Gasteiger partial charge in [0.2, 0.25) is 0 Å². The van der Waals surface area contributed by atoms with Crippen LogP contribution in [0.4, 0.5) is 0 Å². The van der Waals surface area contributed by atoms with Crippen LogP contribution >= 0.6 is 0 Å². The number of nitrogens with one attached hydrogen (secondary N) is 1. The molecule has 3 rings (SSSR count). The molecule has 1 atom stereocenters. The Morgan fingerprint density at radius 2 is 2.12 bits per heavy atom. The van der Waals surface area contributed by atoms with Crippen molar-refractivity contribution >= 4 is 10.9 Å². The second kappa shape index (κ2) is 3.88. The molecule has 2 aromatic rings. The van der Waals surface area contributed by atoms with Crippen molar-refractivity contribution in [2.24, 2.45) is 7.05 Å². The summed E-state index contributed by atoms with van der Waals surface area (Å²) in [5.41, 5.74) is 5.69. The number of para-hydroxylation sites is 1. The maximum atomic E-state index is 3.61. The molecular formula is C15H20N2.